The molecule has 3 rings (SSSR count). The molecule has 0 radical (unpaired) electrons. The summed E-state index contributed by atoms with van der Waals surface area (Å²) in [6.45, 7) is 4.77. The monoisotopic (exact) mass is 300 g/mol. The third-order valence-electron chi connectivity index (χ3n) is 3.83. The van der Waals surface area contributed by atoms with E-state index in [1.54, 1.807) is 18.7 Å². The van der Waals surface area contributed by atoms with Gasteiger partial charge in [-0.3, -0.25) is 4.79 Å². The van der Waals surface area contributed by atoms with Gasteiger partial charge in [-0.15, -0.1) is 11.8 Å². The van der Waals surface area contributed by atoms with E-state index in [1.807, 2.05) is 0 Å². The first-order valence-corrected chi connectivity index (χ1v) is 7.42. The second-order valence-electron chi connectivity index (χ2n) is 5.35. The molecule has 6 nitrogen and oxygen atoms in total. The predicted molar refractivity (Wildman–Crippen MR) is 69.8 cm³/mol. The zero-order chi connectivity index (χ0) is 14.4. The Bertz CT molecular complexity index is 464. The number of carbonyl (C=O) groups is 2. The van der Waals surface area contributed by atoms with Crippen LogP contribution in [-0.2, 0) is 23.8 Å². The number of hydrogen-bond donors (Lipinski definition) is 1. The molecule has 3 saturated heterocycles. The first kappa shape index (κ1) is 13.9. The van der Waals surface area contributed by atoms with Gasteiger partial charge in [-0.2, -0.15) is 0 Å². The molecule has 6 atom stereocenters. The molecular weight excluding hydrogens is 284 g/mol. The maximum absolute atomic E-state index is 11.7. The topological polar surface area (TPSA) is 82.1 Å². The lowest BCUT2D eigenvalue weighted by Crippen LogP contribution is -2.40. The van der Waals surface area contributed by atoms with Crippen LogP contribution in [0.2, 0.25) is 0 Å². The van der Waals surface area contributed by atoms with Crippen molar-refractivity contribution in [2.75, 3.05) is 6.61 Å². The highest BCUT2D eigenvalue weighted by Gasteiger charge is 2.64. The molecule has 7 heteroatoms. The van der Waals surface area contributed by atoms with Crippen LogP contribution in [0.4, 0.5) is 0 Å². The summed E-state index contributed by atoms with van der Waals surface area (Å²) in [7, 11) is 0. The number of fused-ring (bicyclic) bond motifs is 1. The molecule has 0 saturated carbocycles. The highest BCUT2D eigenvalue weighted by atomic mass is 32.2. The molecule has 0 amide bonds. The van der Waals surface area contributed by atoms with Crippen LogP contribution in [0.1, 0.15) is 13.3 Å². The molecule has 3 heterocycles. The number of hydrogen-bond acceptors (Lipinski definition) is 7. The molecule has 0 aromatic carbocycles. The quantitative estimate of drug-likeness (QED) is 0.442. The summed E-state index contributed by atoms with van der Waals surface area (Å²) in [4.78, 5) is 23.3. The van der Waals surface area contributed by atoms with Gasteiger partial charge in [0.05, 0.1) is 11.2 Å². The summed E-state index contributed by atoms with van der Waals surface area (Å²) in [6, 6.07) is 0. The van der Waals surface area contributed by atoms with Gasteiger partial charge in [0.25, 0.3) is 0 Å². The van der Waals surface area contributed by atoms with Crippen molar-refractivity contribution in [2.24, 2.45) is 5.92 Å². The molecule has 1 N–H and O–H groups in total. The minimum absolute atomic E-state index is 0.0357. The van der Waals surface area contributed by atoms with E-state index < -0.39 is 18.4 Å². The maximum Gasteiger partial charge on any atom is 0.332 e. The molecule has 0 spiro atoms. The fourth-order valence-corrected chi connectivity index (χ4v) is 4.72. The van der Waals surface area contributed by atoms with E-state index in [0.29, 0.717) is 12.0 Å². The molecule has 0 aromatic heterocycles. The predicted octanol–water partition coefficient (Wildman–Crippen LogP) is 0.239. The molecule has 20 heavy (non-hydrogen) atoms. The Kier molecular flexibility index (Phi) is 3.51. The Labute approximate surface area is 120 Å². The Balaban J connectivity index is 1.53. The Morgan fingerprint density at radius 2 is 2.40 bits per heavy atom. The van der Waals surface area contributed by atoms with Crippen molar-refractivity contribution in [3.63, 3.8) is 0 Å². The minimum Gasteiger partial charge on any atom is -0.457 e. The van der Waals surface area contributed by atoms with Crippen LogP contribution in [-0.4, -0.2) is 52.6 Å². The van der Waals surface area contributed by atoms with E-state index >= 15 is 0 Å². The number of aliphatic hydroxyl groups excluding tert-OH is 1. The largest absolute Gasteiger partial charge is 0.457 e. The summed E-state index contributed by atoms with van der Waals surface area (Å²) >= 11 is 1.67. The van der Waals surface area contributed by atoms with Gasteiger partial charge in [-0.05, 0) is 18.9 Å². The van der Waals surface area contributed by atoms with E-state index in [1.165, 1.54) is 0 Å². The Morgan fingerprint density at radius 3 is 3.10 bits per heavy atom. The van der Waals surface area contributed by atoms with Gasteiger partial charge >= 0.3 is 11.9 Å². The normalized spacial score (nSPS) is 38.7. The summed E-state index contributed by atoms with van der Waals surface area (Å²) in [5.74, 6) is -0.781. The van der Waals surface area contributed by atoms with Gasteiger partial charge in [0.15, 0.2) is 18.5 Å². The van der Waals surface area contributed by atoms with E-state index in [9.17, 15) is 14.7 Å². The third-order valence-corrected chi connectivity index (χ3v) is 5.55. The van der Waals surface area contributed by atoms with Gasteiger partial charge < -0.3 is 19.3 Å². The second kappa shape index (κ2) is 5.05. The minimum atomic E-state index is -1.18. The maximum atomic E-state index is 11.7. The Hall–Kier alpha value is -1.05. The van der Waals surface area contributed by atoms with Crippen molar-refractivity contribution in [3.8, 4) is 0 Å². The van der Waals surface area contributed by atoms with Crippen molar-refractivity contribution in [1.82, 2.24) is 0 Å². The lowest BCUT2D eigenvalue weighted by Gasteiger charge is -2.24. The van der Waals surface area contributed by atoms with Gasteiger partial charge in [0.1, 0.15) is 6.61 Å². The summed E-state index contributed by atoms with van der Waals surface area (Å²) in [6.07, 6.45) is -1.19. The molecule has 110 valence electrons. The third kappa shape index (κ3) is 2.23. The smallest absolute Gasteiger partial charge is 0.332 e. The number of ether oxygens (including phenoxy) is 3. The zero-order valence-corrected chi connectivity index (χ0v) is 11.8. The van der Waals surface area contributed by atoms with E-state index in [-0.39, 0.29) is 35.1 Å². The van der Waals surface area contributed by atoms with Crippen molar-refractivity contribution in [2.45, 2.75) is 42.3 Å². The van der Waals surface area contributed by atoms with Crippen LogP contribution in [0.25, 0.3) is 0 Å². The first-order valence-electron chi connectivity index (χ1n) is 6.48. The number of carbonyl (C=O) groups excluding carboxylic acids is 2. The fraction of sp³-hybridized carbons (Fsp3) is 0.692. The number of thioether (sulfide) groups is 1. The SMILES string of the molecule is C=C(C)C(O)OCC(=O)OC1C2CC3C(=O)OC1C3S2. The molecule has 0 aliphatic carbocycles. The van der Waals surface area contributed by atoms with Gasteiger partial charge in [0, 0.05) is 5.25 Å². The lowest BCUT2D eigenvalue weighted by molar-refractivity contribution is -0.170. The zero-order valence-electron chi connectivity index (χ0n) is 11.0. The molecule has 2 bridgehead atoms. The van der Waals surface area contributed by atoms with E-state index in [0.717, 1.165) is 0 Å². The van der Waals surface area contributed by atoms with Gasteiger partial charge in [-0.25, -0.2) is 4.79 Å². The fourth-order valence-electron chi connectivity index (χ4n) is 2.86. The number of aliphatic hydroxyl groups is 1. The Morgan fingerprint density at radius 1 is 1.65 bits per heavy atom. The molecule has 3 aliphatic rings. The second-order valence-corrected chi connectivity index (χ2v) is 6.77. The van der Waals surface area contributed by atoms with Gasteiger partial charge in [0.2, 0.25) is 0 Å². The van der Waals surface area contributed by atoms with Crippen molar-refractivity contribution < 1.29 is 28.9 Å². The van der Waals surface area contributed by atoms with E-state index in [4.69, 9.17) is 14.2 Å². The average molecular weight is 300 g/mol. The molecule has 6 unspecified atom stereocenters. The van der Waals surface area contributed by atoms with Crippen molar-refractivity contribution in [1.29, 1.82) is 0 Å². The molecule has 0 aromatic rings. The van der Waals surface area contributed by atoms with Gasteiger partial charge in [-0.1, -0.05) is 6.58 Å². The number of rotatable bonds is 5. The standard InChI is InChI=1S/C13H16O6S/c1-5(2)12(15)17-4-8(14)18-9-7-3-6-11(20-7)10(9)19-13(6)16/h6-7,9-12,15H,1,3-4H2,2H3. The lowest BCUT2D eigenvalue weighted by atomic mass is 9.88. The van der Waals surface area contributed by atoms with Crippen LogP contribution in [0.3, 0.4) is 0 Å². The average Bonchev–Trinajstić information content (AvgIpc) is 3.00. The van der Waals surface area contributed by atoms with Crippen LogP contribution in [0.15, 0.2) is 12.2 Å². The van der Waals surface area contributed by atoms with E-state index in [2.05, 4.69) is 6.58 Å². The van der Waals surface area contributed by atoms with Crippen LogP contribution in [0.5, 0.6) is 0 Å². The molecule has 3 aliphatic heterocycles. The summed E-state index contributed by atoms with van der Waals surface area (Å²) in [5.41, 5.74) is 0.417. The summed E-state index contributed by atoms with van der Waals surface area (Å²) in [5, 5.41) is 9.62. The van der Waals surface area contributed by atoms with Crippen molar-refractivity contribution >= 4 is 23.7 Å². The van der Waals surface area contributed by atoms with Crippen molar-refractivity contribution in [3.05, 3.63) is 12.2 Å². The van der Waals surface area contributed by atoms with Crippen LogP contribution < -0.4 is 0 Å². The molecular formula is C13H16O6S. The first-order chi connectivity index (χ1) is 9.47. The molecule has 3 fully saturated rings. The van der Waals surface area contributed by atoms with Crippen LogP contribution in [0, 0.1) is 5.92 Å². The summed E-state index contributed by atoms with van der Waals surface area (Å²) < 4.78 is 15.5. The van der Waals surface area contributed by atoms with Crippen LogP contribution >= 0.6 is 11.8 Å². The number of esters is 2. The highest BCUT2D eigenvalue weighted by Crippen LogP contribution is 2.55. The highest BCUT2D eigenvalue weighted by molar-refractivity contribution is 8.01.